The molecule has 0 heterocycles. The lowest BCUT2D eigenvalue weighted by atomic mass is 10.2. The summed E-state index contributed by atoms with van der Waals surface area (Å²) in [4.78, 5) is 13.7. The maximum Gasteiger partial charge on any atom is 0.237 e. The lowest BCUT2D eigenvalue weighted by molar-refractivity contribution is -0.123. The molecule has 1 amide bonds. The number of nitrogens with zero attached hydrogens (tertiary/aromatic N) is 1. The van der Waals surface area contributed by atoms with Gasteiger partial charge < -0.3 is 15.5 Å². The van der Waals surface area contributed by atoms with Gasteiger partial charge in [-0.1, -0.05) is 0 Å². The molecule has 0 aliphatic heterocycles. The van der Waals surface area contributed by atoms with Gasteiger partial charge >= 0.3 is 0 Å². The Kier molecular flexibility index (Phi) is 4.54. The molecule has 0 radical (unpaired) electrons. The Morgan fingerprint density at radius 1 is 1.40 bits per heavy atom. The highest BCUT2D eigenvalue weighted by Crippen LogP contribution is 2.18. The third kappa shape index (κ3) is 5.14. The summed E-state index contributed by atoms with van der Waals surface area (Å²) < 4.78 is 0. The number of amides is 1. The first-order valence-corrected chi connectivity index (χ1v) is 5.70. The molecule has 2 unspecified atom stereocenters. The van der Waals surface area contributed by atoms with E-state index in [4.69, 9.17) is 0 Å². The van der Waals surface area contributed by atoms with Gasteiger partial charge in [-0.3, -0.25) is 4.79 Å². The summed E-state index contributed by atoms with van der Waals surface area (Å²) in [6.07, 6.45) is 2.29. The summed E-state index contributed by atoms with van der Waals surface area (Å²) in [6.45, 7) is 4.96. The number of hydrogen-bond acceptors (Lipinski definition) is 3. The van der Waals surface area contributed by atoms with E-state index in [9.17, 15) is 4.79 Å². The molecule has 0 bridgehead atoms. The largest absolute Gasteiger partial charge is 0.352 e. The molecule has 0 aromatic rings. The summed E-state index contributed by atoms with van der Waals surface area (Å²) in [5.74, 6) is 0.128. The van der Waals surface area contributed by atoms with Crippen molar-refractivity contribution in [3.8, 4) is 0 Å². The topological polar surface area (TPSA) is 44.4 Å². The molecule has 1 aliphatic carbocycles. The van der Waals surface area contributed by atoms with Crippen molar-refractivity contribution in [3.05, 3.63) is 0 Å². The SMILES string of the molecule is CC(CN(C)C)NC(C)C(=O)NC1CC1. The lowest BCUT2D eigenvalue weighted by Crippen LogP contribution is -2.48. The molecule has 4 nitrogen and oxygen atoms in total. The van der Waals surface area contributed by atoms with Crippen LogP contribution < -0.4 is 10.6 Å². The molecule has 1 fully saturated rings. The molecule has 1 rings (SSSR count). The van der Waals surface area contributed by atoms with Crippen molar-refractivity contribution in [2.45, 2.75) is 44.8 Å². The summed E-state index contributed by atoms with van der Waals surface area (Å²) in [5, 5.41) is 6.29. The van der Waals surface area contributed by atoms with E-state index in [-0.39, 0.29) is 11.9 Å². The summed E-state index contributed by atoms with van der Waals surface area (Å²) in [7, 11) is 4.07. The zero-order valence-electron chi connectivity index (χ0n) is 10.2. The highest BCUT2D eigenvalue weighted by molar-refractivity contribution is 5.81. The Morgan fingerprint density at radius 2 is 2.00 bits per heavy atom. The summed E-state index contributed by atoms with van der Waals surface area (Å²) >= 11 is 0. The Labute approximate surface area is 92.4 Å². The van der Waals surface area contributed by atoms with Crippen LogP contribution in [0.4, 0.5) is 0 Å². The first kappa shape index (κ1) is 12.5. The van der Waals surface area contributed by atoms with Gasteiger partial charge in [0.15, 0.2) is 0 Å². The third-order valence-corrected chi connectivity index (χ3v) is 2.49. The molecular formula is C11H23N3O. The van der Waals surface area contributed by atoms with E-state index < -0.39 is 0 Å². The fourth-order valence-corrected chi connectivity index (χ4v) is 1.66. The second-order valence-electron chi connectivity index (χ2n) is 4.83. The van der Waals surface area contributed by atoms with Crippen LogP contribution in [-0.4, -0.2) is 49.6 Å². The number of carbonyl (C=O) groups excluding carboxylic acids is 1. The second-order valence-corrected chi connectivity index (χ2v) is 4.83. The molecule has 1 aliphatic rings. The number of nitrogens with one attached hydrogen (secondary N) is 2. The van der Waals surface area contributed by atoms with E-state index >= 15 is 0 Å². The maximum absolute atomic E-state index is 11.6. The summed E-state index contributed by atoms with van der Waals surface area (Å²) in [6, 6.07) is 0.686. The Bertz CT molecular complexity index is 214. The summed E-state index contributed by atoms with van der Waals surface area (Å²) in [5.41, 5.74) is 0. The Morgan fingerprint density at radius 3 is 2.47 bits per heavy atom. The smallest absolute Gasteiger partial charge is 0.237 e. The van der Waals surface area contributed by atoms with E-state index in [1.807, 2.05) is 21.0 Å². The average molecular weight is 213 g/mol. The van der Waals surface area contributed by atoms with Gasteiger partial charge in [-0.25, -0.2) is 0 Å². The normalized spacial score (nSPS) is 20.1. The minimum atomic E-state index is -0.0967. The monoisotopic (exact) mass is 213 g/mol. The first-order chi connectivity index (χ1) is 6.99. The van der Waals surface area contributed by atoms with E-state index in [1.165, 1.54) is 0 Å². The number of likely N-dealkylation sites (N-methyl/N-ethyl adjacent to an activating group) is 1. The number of rotatable bonds is 6. The van der Waals surface area contributed by atoms with Crippen LogP contribution in [0.2, 0.25) is 0 Å². The fourth-order valence-electron chi connectivity index (χ4n) is 1.66. The van der Waals surface area contributed by atoms with E-state index in [0.717, 1.165) is 19.4 Å². The van der Waals surface area contributed by atoms with Crippen molar-refractivity contribution < 1.29 is 4.79 Å². The molecule has 0 saturated heterocycles. The quantitative estimate of drug-likeness (QED) is 0.662. The standard InChI is InChI=1S/C11H23N3O/c1-8(7-14(3)4)12-9(2)11(15)13-10-5-6-10/h8-10,12H,5-7H2,1-4H3,(H,13,15). The molecule has 2 atom stereocenters. The number of carbonyl (C=O) groups is 1. The van der Waals surface area contributed by atoms with Gasteiger partial charge in [0.1, 0.15) is 0 Å². The molecule has 0 spiro atoms. The number of hydrogen-bond donors (Lipinski definition) is 2. The molecule has 2 N–H and O–H groups in total. The van der Waals surface area contributed by atoms with E-state index in [0.29, 0.717) is 12.1 Å². The highest BCUT2D eigenvalue weighted by Gasteiger charge is 2.25. The predicted molar refractivity (Wildman–Crippen MR) is 61.8 cm³/mol. The van der Waals surface area contributed by atoms with E-state index in [1.54, 1.807) is 0 Å². The lowest BCUT2D eigenvalue weighted by Gasteiger charge is -2.22. The van der Waals surface area contributed by atoms with Crippen molar-refractivity contribution in [2.75, 3.05) is 20.6 Å². The highest BCUT2D eigenvalue weighted by atomic mass is 16.2. The minimum Gasteiger partial charge on any atom is -0.352 e. The zero-order valence-corrected chi connectivity index (χ0v) is 10.2. The minimum absolute atomic E-state index is 0.0967. The maximum atomic E-state index is 11.6. The molecule has 1 saturated carbocycles. The molecule has 0 aromatic carbocycles. The second kappa shape index (κ2) is 5.47. The van der Waals surface area contributed by atoms with Crippen LogP contribution in [0.1, 0.15) is 26.7 Å². The van der Waals surface area contributed by atoms with Crippen LogP contribution in [-0.2, 0) is 4.79 Å². The third-order valence-electron chi connectivity index (χ3n) is 2.49. The van der Waals surface area contributed by atoms with Gasteiger partial charge in [0, 0.05) is 18.6 Å². The van der Waals surface area contributed by atoms with Crippen LogP contribution in [0.25, 0.3) is 0 Å². The molecule has 15 heavy (non-hydrogen) atoms. The Hall–Kier alpha value is -0.610. The van der Waals surface area contributed by atoms with Crippen LogP contribution in [0.15, 0.2) is 0 Å². The zero-order chi connectivity index (χ0) is 11.4. The van der Waals surface area contributed by atoms with Gasteiger partial charge in [0.05, 0.1) is 6.04 Å². The molecular weight excluding hydrogens is 190 g/mol. The van der Waals surface area contributed by atoms with Crippen LogP contribution in [0.5, 0.6) is 0 Å². The van der Waals surface area contributed by atoms with Crippen molar-refractivity contribution in [1.29, 1.82) is 0 Å². The van der Waals surface area contributed by atoms with Crippen molar-refractivity contribution in [1.82, 2.24) is 15.5 Å². The van der Waals surface area contributed by atoms with Crippen LogP contribution in [0.3, 0.4) is 0 Å². The van der Waals surface area contributed by atoms with Gasteiger partial charge in [0.2, 0.25) is 5.91 Å². The molecule has 88 valence electrons. The van der Waals surface area contributed by atoms with Gasteiger partial charge in [-0.05, 0) is 40.8 Å². The van der Waals surface area contributed by atoms with Gasteiger partial charge in [0.25, 0.3) is 0 Å². The first-order valence-electron chi connectivity index (χ1n) is 5.70. The predicted octanol–water partition coefficient (Wildman–Crippen LogP) is 0.193. The van der Waals surface area contributed by atoms with Crippen LogP contribution in [0, 0.1) is 0 Å². The van der Waals surface area contributed by atoms with Crippen molar-refractivity contribution >= 4 is 5.91 Å². The van der Waals surface area contributed by atoms with Gasteiger partial charge in [-0.15, -0.1) is 0 Å². The average Bonchev–Trinajstić information content (AvgIpc) is 2.86. The Balaban J connectivity index is 2.20. The van der Waals surface area contributed by atoms with Crippen molar-refractivity contribution in [2.24, 2.45) is 0 Å². The molecule has 4 heteroatoms. The van der Waals surface area contributed by atoms with Crippen molar-refractivity contribution in [3.63, 3.8) is 0 Å². The van der Waals surface area contributed by atoms with Gasteiger partial charge in [-0.2, -0.15) is 0 Å². The van der Waals surface area contributed by atoms with Crippen LogP contribution >= 0.6 is 0 Å². The molecule has 0 aromatic heterocycles. The van der Waals surface area contributed by atoms with E-state index in [2.05, 4.69) is 22.5 Å². The fraction of sp³-hybridized carbons (Fsp3) is 0.909.